The smallest absolute Gasteiger partial charge is 0.235 e. The van der Waals surface area contributed by atoms with E-state index in [0.717, 1.165) is 0 Å². The van der Waals surface area contributed by atoms with E-state index in [1.807, 2.05) is 0 Å². The van der Waals surface area contributed by atoms with Crippen LogP contribution >= 0.6 is 0 Å². The molecular weight excluding hydrogens is 225 g/mol. The molecule has 0 amide bonds. The molecule has 0 heterocycles. The lowest BCUT2D eigenvalue weighted by Crippen LogP contribution is -2.08. The van der Waals surface area contributed by atoms with Crippen LogP contribution in [-0.4, -0.2) is 18.3 Å². The van der Waals surface area contributed by atoms with Gasteiger partial charge in [-0.15, -0.1) is 0 Å². The predicted molar refractivity (Wildman–Crippen MR) is 58.4 cm³/mol. The summed E-state index contributed by atoms with van der Waals surface area (Å²) in [7, 11) is 1.28. The Morgan fingerprint density at radius 2 is 2.24 bits per heavy atom. The van der Waals surface area contributed by atoms with Crippen LogP contribution in [0.3, 0.4) is 0 Å². The van der Waals surface area contributed by atoms with Gasteiger partial charge in [0.2, 0.25) is 6.08 Å². The minimum Gasteiger partial charge on any atom is -0.504 e. The van der Waals surface area contributed by atoms with Gasteiger partial charge in [-0.25, -0.2) is 9.18 Å². The summed E-state index contributed by atoms with van der Waals surface area (Å²) in [5.74, 6) is -1.08. The van der Waals surface area contributed by atoms with Gasteiger partial charge in [-0.05, 0) is 31.4 Å². The Labute approximate surface area is 97.7 Å². The SMILES string of the molecule is COc1c(O)c(C)cc(C2(N=C=O)CC2)c1F. The van der Waals surface area contributed by atoms with Gasteiger partial charge < -0.3 is 9.84 Å². The quantitative estimate of drug-likeness (QED) is 0.647. The van der Waals surface area contributed by atoms with Crippen LogP contribution in [0.5, 0.6) is 11.5 Å². The van der Waals surface area contributed by atoms with Crippen LogP contribution in [0, 0.1) is 12.7 Å². The van der Waals surface area contributed by atoms with Crippen molar-refractivity contribution in [2.45, 2.75) is 25.3 Å². The average Bonchev–Trinajstić information content (AvgIpc) is 3.06. The van der Waals surface area contributed by atoms with Crippen LogP contribution in [0.15, 0.2) is 11.1 Å². The molecule has 1 aliphatic rings. The summed E-state index contributed by atoms with van der Waals surface area (Å²) in [6, 6.07) is 1.50. The molecule has 0 spiro atoms. The van der Waals surface area contributed by atoms with Crippen molar-refractivity contribution in [2.24, 2.45) is 4.99 Å². The van der Waals surface area contributed by atoms with Crippen LogP contribution in [-0.2, 0) is 10.3 Å². The Bertz CT molecular complexity index is 517. The van der Waals surface area contributed by atoms with E-state index in [1.165, 1.54) is 19.3 Å². The third kappa shape index (κ3) is 1.68. The summed E-state index contributed by atoms with van der Waals surface area (Å²) < 4.78 is 18.9. The summed E-state index contributed by atoms with van der Waals surface area (Å²) in [6.07, 6.45) is 2.68. The van der Waals surface area contributed by atoms with Gasteiger partial charge in [-0.3, -0.25) is 0 Å². The molecule has 0 bridgehead atoms. The largest absolute Gasteiger partial charge is 0.504 e. The second kappa shape index (κ2) is 3.86. The van der Waals surface area contributed by atoms with Crippen molar-refractivity contribution in [3.05, 3.63) is 23.0 Å². The molecule has 0 unspecified atom stereocenters. The summed E-state index contributed by atoms with van der Waals surface area (Å²) in [6.45, 7) is 1.64. The number of aromatic hydroxyl groups is 1. The number of rotatable bonds is 3. The number of isocyanates is 1. The average molecular weight is 237 g/mol. The van der Waals surface area contributed by atoms with Crippen molar-refractivity contribution in [1.82, 2.24) is 0 Å². The minimum atomic E-state index is -0.808. The molecule has 1 fully saturated rings. The monoisotopic (exact) mass is 237 g/mol. The molecule has 1 saturated carbocycles. The van der Waals surface area contributed by atoms with Crippen LogP contribution in [0.4, 0.5) is 4.39 Å². The molecule has 0 saturated heterocycles. The molecular formula is C12H12FNO3. The molecule has 4 nitrogen and oxygen atoms in total. The van der Waals surface area contributed by atoms with Crippen molar-refractivity contribution >= 4 is 6.08 Å². The number of aryl methyl sites for hydroxylation is 1. The maximum Gasteiger partial charge on any atom is 0.235 e. The third-order valence-corrected chi connectivity index (χ3v) is 3.07. The molecule has 0 atom stereocenters. The van der Waals surface area contributed by atoms with Crippen LogP contribution in [0.2, 0.25) is 0 Å². The normalized spacial score (nSPS) is 16.2. The number of hydrogen-bond acceptors (Lipinski definition) is 4. The first-order valence-corrected chi connectivity index (χ1v) is 5.21. The highest BCUT2D eigenvalue weighted by Gasteiger charge is 2.47. The molecule has 0 aliphatic heterocycles. The highest BCUT2D eigenvalue weighted by molar-refractivity contribution is 5.53. The molecule has 1 aromatic carbocycles. The fraction of sp³-hybridized carbons (Fsp3) is 0.417. The maximum absolute atomic E-state index is 14.1. The van der Waals surface area contributed by atoms with Gasteiger partial charge in [0.15, 0.2) is 17.3 Å². The lowest BCUT2D eigenvalue weighted by Gasteiger charge is -2.15. The number of benzene rings is 1. The van der Waals surface area contributed by atoms with Gasteiger partial charge in [0.05, 0.1) is 7.11 Å². The first kappa shape index (κ1) is 11.6. The molecule has 2 rings (SSSR count). The van der Waals surface area contributed by atoms with E-state index >= 15 is 0 Å². The van der Waals surface area contributed by atoms with E-state index in [4.69, 9.17) is 4.74 Å². The number of methoxy groups -OCH3 is 1. The lowest BCUT2D eigenvalue weighted by molar-refractivity contribution is 0.346. The first-order valence-electron chi connectivity index (χ1n) is 5.21. The molecule has 1 aliphatic carbocycles. The minimum absolute atomic E-state index is 0.202. The Morgan fingerprint density at radius 1 is 1.59 bits per heavy atom. The number of aliphatic imine (C=N–C) groups is 1. The molecule has 1 aromatic rings. The van der Waals surface area contributed by atoms with Gasteiger partial charge in [-0.2, -0.15) is 4.99 Å². The number of phenols is 1. The van der Waals surface area contributed by atoms with Crippen LogP contribution < -0.4 is 4.74 Å². The molecule has 90 valence electrons. The first-order chi connectivity index (χ1) is 8.05. The zero-order valence-electron chi connectivity index (χ0n) is 9.58. The molecule has 17 heavy (non-hydrogen) atoms. The van der Waals surface area contributed by atoms with Crippen molar-refractivity contribution in [3.63, 3.8) is 0 Å². The third-order valence-electron chi connectivity index (χ3n) is 3.07. The Morgan fingerprint density at radius 3 is 2.71 bits per heavy atom. The van der Waals surface area contributed by atoms with Gasteiger partial charge in [-0.1, -0.05) is 0 Å². The topological polar surface area (TPSA) is 58.9 Å². The van der Waals surface area contributed by atoms with E-state index in [9.17, 15) is 14.3 Å². The fourth-order valence-corrected chi connectivity index (χ4v) is 1.93. The van der Waals surface area contributed by atoms with Crippen molar-refractivity contribution in [1.29, 1.82) is 0 Å². The number of nitrogens with zero attached hydrogens (tertiary/aromatic N) is 1. The summed E-state index contributed by atoms with van der Waals surface area (Å²) in [4.78, 5) is 14.0. The number of carbonyl (C=O) groups excluding carboxylic acids is 1. The second-order valence-corrected chi connectivity index (χ2v) is 4.17. The summed E-state index contributed by atoms with van der Waals surface area (Å²) in [5, 5.41) is 9.65. The number of phenolic OH excluding ortho intramolecular Hbond substituents is 1. The second-order valence-electron chi connectivity index (χ2n) is 4.17. The van der Waals surface area contributed by atoms with E-state index in [-0.39, 0.29) is 17.1 Å². The summed E-state index contributed by atoms with van der Waals surface area (Å²) in [5.41, 5.74) is -0.0315. The molecule has 5 heteroatoms. The predicted octanol–water partition coefficient (Wildman–Crippen LogP) is 2.17. The number of hydrogen-bond donors (Lipinski definition) is 1. The highest BCUT2D eigenvalue weighted by atomic mass is 19.1. The van der Waals surface area contributed by atoms with Crippen LogP contribution in [0.25, 0.3) is 0 Å². The Hall–Kier alpha value is -1.87. The maximum atomic E-state index is 14.1. The van der Waals surface area contributed by atoms with Gasteiger partial charge in [0, 0.05) is 5.56 Å². The number of ether oxygens (including phenoxy) is 1. The Kier molecular flexibility index (Phi) is 2.63. The zero-order valence-corrected chi connectivity index (χ0v) is 9.58. The number of halogens is 1. The Balaban J connectivity index is 2.64. The van der Waals surface area contributed by atoms with E-state index in [0.29, 0.717) is 18.4 Å². The van der Waals surface area contributed by atoms with E-state index in [1.54, 1.807) is 6.92 Å². The zero-order chi connectivity index (χ0) is 12.6. The fourth-order valence-electron chi connectivity index (χ4n) is 1.93. The van der Waals surface area contributed by atoms with Crippen molar-refractivity contribution in [2.75, 3.05) is 7.11 Å². The van der Waals surface area contributed by atoms with Crippen molar-refractivity contribution < 1.29 is 19.0 Å². The standard InChI is InChI=1S/C12H12FNO3/c1-7-5-8(12(3-4-12)14-6-15)9(13)11(17-2)10(7)16/h5,16H,3-4H2,1-2H3. The van der Waals surface area contributed by atoms with E-state index in [2.05, 4.69) is 4.99 Å². The lowest BCUT2D eigenvalue weighted by atomic mass is 10.0. The highest BCUT2D eigenvalue weighted by Crippen LogP contribution is 2.52. The van der Waals surface area contributed by atoms with Crippen LogP contribution in [0.1, 0.15) is 24.0 Å². The van der Waals surface area contributed by atoms with Crippen molar-refractivity contribution in [3.8, 4) is 11.5 Å². The van der Waals surface area contributed by atoms with Gasteiger partial charge >= 0.3 is 0 Å². The van der Waals surface area contributed by atoms with Gasteiger partial charge in [0.1, 0.15) is 5.54 Å². The molecule has 0 radical (unpaired) electrons. The molecule has 0 aromatic heterocycles. The summed E-state index contributed by atoms with van der Waals surface area (Å²) >= 11 is 0. The van der Waals surface area contributed by atoms with E-state index < -0.39 is 11.4 Å². The van der Waals surface area contributed by atoms with Gasteiger partial charge in [0.25, 0.3) is 0 Å². The molecule has 1 N–H and O–H groups in total.